The first-order valence-corrected chi connectivity index (χ1v) is 13.1. The average molecular weight is 472 g/mol. The minimum absolute atomic E-state index is 0.160. The molecule has 1 aliphatic rings. The summed E-state index contributed by atoms with van der Waals surface area (Å²) >= 11 is 1.54. The fourth-order valence-electron chi connectivity index (χ4n) is 3.35. The zero-order chi connectivity index (χ0) is 22.9. The summed E-state index contributed by atoms with van der Waals surface area (Å²) in [6.45, 7) is 2.17. The van der Waals surface area contributed by atoms with Gasteiger partial charge >= 0.3 is 0 Å². The van der Waals surface area contributed by atoms with E-state index in [1.807, 2.05) is 43.6 Å². The number of hydrogen-bond acceptors (Lipinski definition) is 6. The molecule has 2 rings (SSSR count). The summed E-state index contributed by atoms with van der Waals surface area (Å²) in [7, 11) is -1.94. The first kappa shape index (κ1) is 25.6. The molecule has 9 nitrogen and oxygen atoms in total. The summed E-state index contributed by atoms with van der Waals surface area (Å²) in [4.78, 5) is 26.9. The molecule has 0 aliphatic carbocycles. The van der Waals surface area contributed by atoms with E-state index in [0.29, 0.717) is 38.2 Å². The lowest BCUT2D eigenvalue weighted by Crippen LogP contribution is -2.56. The molecule has 0 unspecified atom stereocenters. The van der Waals surface area contributed by atoms with Gasteiger partial charge in [0.1, 0.15) is 12.1 Å². The second-order valence-corrected chi connectivity index (χ2v) is 10.4. The van der Waals surface area contributed by atoms with Gasteiger partial charge in [0.25, 0.3) is 10.2 Å². The number of primary amides is 1. The van der Waals surface area contributed by atoms with Crippen LogP contribution in [0.4, 0.5) is 0 Å². The molecule has 0 bridgehead atoms. The van der Waals surface area contributed by atoms with E-state index in [1.54, 1.807) is 0 Å². The van der Waals surface area contributed by atoms with Gasteiger partial charge in [0.15, 0.2) is 0 Å². The summed E-state index contributed by atoms with van der Waals surface area (Å²) in [5, 5.41) is 2.64. The molecule has 0 aromatic heterocycles. The lowest BCUT2D eigenvalue weighted by molar-refractivity contribution is -0.128. The first-order valence-electron chi connectivity index (χ1n) is 10.3. The number of benzene rings is 1. The third-order valence-corrected chi connectivity index (χ3v) is 7.45. The van der Waals surface area contributed by atoms with Crippen molar-refractivity contribution in [1.29, 1.82) is 0 Å². The number of rotatable bonds is 11. The first-order chi connectivity index (χ1) is 14.7. The Morgan fingerprint density at radius 1 is 1.13 bits per heavy atom. The maximum atomic E-state index is 13.1. The molecule has 0 saturated carbocycles. The lowest BCUT2D eigenvalue weighted by Gasteiger charge is -2.26. The topological polar surface area (TPSA) is 125 Å². The van der Waals surface area contributed by atoms with Crippen LogP contribution < -0.4 is 15.8 Å². The number of likely N-dealkylation sites (N-methyl/N-ethyl adjacent to an activating group) is 1. The minimum atomic E-state index is -3.89. The van der Waals surface area contributed by atoms with Gasteiger partial charge in [0.2, 0.25) is 11.8 Å². The number of amides is 2. The Kier molecular flexibility index (Phi) is 10.2. The van der Waals surface area contributed by atoms with Gasteiger partial charge in [0, 0.05) is 19.6 Å². The Morgan fingerprint density at radius 3 is 2.48 bits per heavy atom. The highest BCUT2D eigenvalue weighted by Crippen LogP contribution is 2.10. The molecule has 0 spiro atoms. The van der Waals surface area contributed by atoms with Crippen LogP contribution >= 0.6 is 11.8 Å². The van der Waals surface area contributed by atoms with Crippen molar-refractivity contribution in [1.82, 2.24) is 19.2 Å². The van der Waals surface area contributed by atoms with Gasteiger partial charge in [-0.2, -0.15) is 29.2 Å². The van der Waals surface area contributed by atoms with Crippen LogP contribution in [0.5, 0.6) is 0 Å². The molecule has 31 heavy (non-hydrogen) atoms. The van der Waals surface area contributed by atoms with Crippen molar-refractivity contribution in [3.8, 4) is 0 Å². The summed E-state index contributed by atoms with van der Waals surface area (Å²) < 4.78 is 30.1. The number of nitrogens with one attached hydrogen (secondary N) is 2. The Balaban J connectivity index is 2.19. The monoisotopic (exact) mass is 471 g/mol. The van der Waals surface area contributed by atoms with Crippen LogP contribution in [0.3, 0.4) is 0 Å². The highest BCUT2D eigenvalue weighted by Gasteiger charge is 2.31. The highest BCUT2D eigenvalue weighted by atomic mass is 32.2. The standard InChI is InChI=1S/C20H33N5O4S2/c1-24-10-6-11-25(13-12-24)31(28,29)23-18(15-16-7-4-3-5-8-16)20(27)22-17(19(21)26)9-14-30-2/h3-5,7-8,17-18,23H,6,9-15H2,1-2H3,(H2,21,26)(H,22,27)/t17-,18-/m0/s1. The molecule has 1 aliphatic heterocycles. The SMILES string of the molecule is CSCC[C@H](NC(=O)[C@H](Cc1ccccc1)NS(=O)(=O)N1CCCN(C)CC1)C(N)=O. The molecule has 174 valence electrons. The van der Waals surface area contributed by atoms with E-state index >= 15 is 0 Å². The third kappa shape index (κ3) is 8.41. The predicted molar refractivity (Wildman–Crippen MR) is 124 cm³/mol. The smallest absolute Gasteiger partial charge is 0.280 e. The minimum Gasteiger partial charge on any atom is -0.368 e. The van der Waals surface area contributed by atoms with Crippen LogP contribution in [0.25, 0.3) is 0 Å². The fraction of sp³-hybridized carbons (Fsp3) is 0.600. The van der Waals surface area contributed by atoms with E-state index in [1.165, 1.54) is 16.1 Å². The average Bonchev–Trinajstić information content (AvgIpc) is 2.96. The molecule has 11 heteroatoms. The van der Waals surface area contributed by atoms with Crippen molar-refractivity contribution in [2.24, 2.45) is 5.73 Å². The van der Waals surface area contributed by atoms with E-state index in [0.717, 1.165) is 12.1 Å². The van der Waals surface area contributed by atoms with Crippen molar-refractivity contribution < 1.29 is 18.0 Å². The number of thioether (sulfide) groups is 1. The molecule has 1 saturated heterocycles. The second kappa shape index (κ2) is 12.4. The van der Waals surface area contributed by atoms with Gasteiger partial charge in [-0.1, -0.05) is 30.3 Å². The number of nitrogens with two attached hydrogens (primary N) is 1. The molecule has 1 aromatic rings. The number of nitrogens with zero attached hydrogens (tertiary/aromatic N) is 2. The van der Waals surface area contributed by atoms with Crippen molar-refractivity contribution in [2.75, 3.05) is 45.2 Å². The van der Waals surface area contributed by atoms with E-state index in [9.17, 15) is 18.0 Å². The Bertz CT molecular complexity index is 822. The highest BCUT2D eigenvalue weighted by molar-refractivity contribution is 7.98. The molecule has 1 aromatic carbocycles. The van der Waals surface area contributed by atoms with Crippen LogP contribution in [0.2, 0.25) is 0 Å². The maximum absolute atomic E-state index is 13.1. The molecule has 1 heterocycles. The fourth-order valence-corrected chi connectivity index (χ4v) is 5.21. The number of carbonyl (C=O) groups is 2. The molecule has 4 N–H and O–H groups in total. The Labute approximate surface area is 189 Å². The molecule has 2 amide bonds. The second-order valence-electron chi connectivity index (χ2n) is 7.67. The van der Waals surface area contributed by atoms with Gasteiger partial charge < -0.3 is 16.0 Å². The van der Waals surface area contributed by atoms with E-state index in [-0.39, 0.29) is 6.42 Å². The van der Waals surface area contributed by atoms with Crippen molar-refractivity contribution >= 4 is 33.8 Å². The van der Waals surface area contributed by atoms with Crippen LogP contribution in [-0.4, -0.2) is 86.8 Å². The van der Waals surface area contributed by atoms with Crippen molar-refractivity contribution in [3.05, 3.63) is 35.9 Å². The molecular formula is C20H33N5O4S2. The molecule has 1 fully saturated rings. The summed E-state index contributed by atoms with van der Waals surface area (Å²) in [5.74, 6) is -0.562. The van der Waals surface area contributed by atoms with Crippen LogP contribution in [0.1, 0.15) is 18.4 Å². The quantitative estimate of drug-likeness (QED) is 0.410. The van der Waals surface area contributed by atoms with Crippen molar-refractivity contribution in [2.45, 2.75) is 31.3 Å². The van der Waals surface area contributed by atoms with Gasteiger partial charge in [-0.3, -0.25) is 9.59 Å². The summed E-state index contributed by atoms with van der Waals surface area (Å²) in [5.41, 5.74) is 6.24. The predicted octanol–water partition coefficient (Wildman–Crippen LogP) is -0.207. The number of hydrogen-bond donors (Lipinski definition) is 3. The normalized spacial score (nSPS) is 18.1. The molecule has 0 radical (unpaired) electrons. The lowest BCUT2D eigenvalue weighted by atomic mass is 10.1. The van der Waals surface area contributed by atoms with Crippen LogP contribution in [0, 0.1) is 0 Å². The van der Waals surface area contributed by atoms with E-state index < -0.39 is 34.1 Å². The largest absolute Gasteiger partial charge is 0.368 e. The Hall–Kier alpha value is -1.66. The summed E-state index contributed by atoms with van der Waals surface area (Å²) in [6.07, 6.45) is 3.15. The van der Waals surface area contributed by atoms with E-state index in [4.69, 9.17) is 5.73 Å². The van der Waals surface area contributed by atoms with Gasteiger partial charge in [-0.05, 0) is 50.4 Å². The number of carbonyl (C=O) groups excluding carboxylic acids is 2. The van der Waals surface area contributed by atoms with Crippen LogP contribution in [-0.2, 0) is 26.2 Å². The van der Waals surface area contributed by atoms with Crippen molar-refractivity contribution in [3.63, 3.8) is 0 Å². The van der Waals surface area contributed by atoms with Gasteiger partial charge in [-0.25, -0.2) is 0 Å². The zero-order valence-electron chi connectivity index (χ0n) is 18.1. The third-order valence-electron chi connectivity index (χ3n) is 5.18. The van der Waals surface area contributed by atoms with Gasteiger partial charge in [0.05, 0.1) is 0 Å². The van der Waals surface area contributed by atoms with Crippen LogP contribution in [0.15, 0.2) is 30.3 Å². The zero-order valence-corrected chi connectivity index (χ0v) is 19.8. The Morgan fingerprint density at radius 2 is 1.84 bits per heavy atom. The van der Waals surface area contributed by atoms with E-state index in [2.05, 4.69) is 14.9 Å². The maximum Gasteiger partial charge on any atom is 0.280 e. The molecule has 2 atom stereocenters. The molecular weight excluding hydrogens is 438 g/mol. The summed E-state index contributed by atoms with van der Waals surface area (Å²) in [6, 6.07) is 7.24. The van der Waals surface area contributed by atoms with Gasteiger partial charge in [-0.15, -0.1) is 0 Å².